The lowest BCUT2D eigenvalue weighted by molar-refractivity contribution is -0.111. The lowest BCUT2D eigenvalue weighted by atomic mass is 10.1. The molecule has 0 saturated carbocycles. The molecule has 0 saturated heterocycles. The van der Waals surface area contributed by atoms with Crippen molar-refractivity contribution < 1.29 is 28.5 Å². The number of ether oxygens (including phenoxy) is 4. The molecule has 0 aromatic heterocycles. The highest BCUT2D eigenvalue weighted by Crippen LogP contribution is 2.38. The van der Waals surface area contributed by atoms with Gasteiger partial charge in [-0.2, -0.15) is 0 Å². The van der Waals surface area contributed by atoms with E-state index in [1.54, 1.807) is 42.5 Å². The Morgan fingerprint density at radius 2 is 1.57 bits per heavy atom. The fourth-order valence-electron chi connectivity index (χ4n) is 2.57. The number of nitrogens with one attached hydrogen (secondary N) is 1. The van der Waals surface area contributed by atoms with Crippen LogP contribution in [-0.2, 0) is 9.53 Å². The maximum absolute atomic E-state index is 12.2. The summed E-state index contributed by atoms with van der Waals surface area (Å²) >= 11 is 0. The molecule has 2 aromatic carbocycles. The second-order valence-corrected chi connectivity index (χ2v) is 6.85. The Hall–Kier alpha value is -3.48. The molecule has 2 rings (SSSR count). The predicted octanol–water partition coefficient (Wildman–Crippen LogP) is 4.18. The van der Waals surface area contributed by atoms with Crippen molar-refractivity contribution in [3.63, 3.8) is 0 Å². The zero-order chi connectivity index (χ0) is 22.1. The summed E-state index contributed by atoms with van der Waals surface area (Å²) in [5, 5.41) is 2.74. The summed E-state index contributed by atoms with van der Waals surface area (Å²) in [6.45, 7) is 4.30. The Morgan fingerprint density at radius 3 is 2.07 bits per heavy atom. The zero-order valence-electron chi connectivity index (χ0n) is 17.9. The van der Waals surface area contributed by atoms with Crippen molar-refractivity contribution in [2.45, 2.75) is 13.8 Å². The van der Waals surface area contributed by atoms with Gasteiger partial charge in [-0.1, -0.05) is 13.8 Å². The number of amides is 1. The van der Waals surface area contributed by atoms with Crippen LogP contribution >= 0.6 is 0 Å². The van der Waals surface area contributed by atoms with Crippen molar-refractivity contribution in [2.24, 2.45) is 5.92 Å². The van der Waals surface area contributed by atoms with Crippen LogP contribution < -0.4 is 19.5 Å². The molecule has 0 aliphatic rings. The monoisotopic (exact) mass is 413 g/mol. The smallest absolute Gasteiger partial charge is 0.338 e. The van der Waals surface area contributed by atoms with E-state index in [1.807, 2.05) is 13.8 Å². The molecular weight excluding hydrogens is 386 g/mol. The van der Waals surface area contributed by atoms with Crippen LogP contribution in [0.1, 0.15) is 29.8 Å². The molecule has 1 amide bonds. The fraction of sp³-hybridized carbons (Fsp3) is 0.304. The highest BCUT2D eigenvalue weighted by Gasteiger charge is 2.12. The fourth-order valence-corrected chi connectivity index (χ4v) is 2.57. The standard InChI is InChI=1S/C23H27NO6/c1-15(2)14-30-23(26)17-7-9-18(10-8-17)24-21(25)11-6-16-12-19(27-3)22(29-5)20(13-16)28-4/h6-13,15H,14H2,1-5H3,(H,24,25)/b11-6+. The number of anilines is 1. The molecule has 0 spiro atoms. The normalized spacial score (nSPS) is 10.7. The highest BCUT2D eigenvalue weighted by atomic mass is 16.5. The number of carbonyl (C=O) groups is 2. The van der Waals surface area contributed by atoms with Crippen molar-refractivity contribution in [3.8, 4) is 17.2 Å². The van der Waals surface area contributed by atoms with E-state index in [9.17, 15) is 9.59 Å². The lowest BCUT2D eigenvalue weighted by Gasteiger charge is -2.12. The minimum absolute atomic E-state index is 0.268. The number of rotatable bonds is 9. The molecule has 160 valence electrons. The average Bonchev–Trinajstić information content (AvgIpc) is 2.75. The highest BCUT2D eigenvalue weighted by molar-refractivity contribution is 6.02. The summed E-state index contributed by atoms with van der Waals surface area (Å²) in [6.07, 6.45) is 3.03. The van der Waals surface area contributed by atoms with Gasteiger partial charge in [0.25, 0.3) is 0 Å². The summed E-state index contributed by atoms with van der Waals surface area (Å²) in [5.74, 6) is 1.04. The van der Waals surface area contributed by atoms with Crippen LogP contribution in [0.15, 0.2) is 42.5 Å². The number of hydrogen-bond acceptors (Lipinski definition) is 6. The molecule has 0 bridgehead atoms. The van der Waals surface area contributed by atoms with E-state index in [0.717, 1.165) is 0 Å². The first kappa shape index (κ1) is 22.8. The van der Waals surface area contributed by atoms with Crippen molar-refractivity contribution in [2.75, 3.05) is 33.3 Å². The van der Waals surface area contributed by atoms with Gasteiger partial charge in [0.1, 0.15) is 0 Å². The third-order valence-corrected chi connectivity index (χ3v) is 4.05. The van der Waals surface area contributed by atoms with E-state index in [1.165, 1.54) is 27.4 Å². The van der Waals surface area contributed by atoms with Gasteiger partial charge < -0.3 is 24.3 Å². The number of methoxy groups -OCH3 is 3. The third-order valence-electron chi connectivity index (χ3n) is 4.05. The number of hydrogen-bond donors (Lipinski definition) is 1. The van der Waals surface area contributed by atoms with Gasteiger partial charge >= 0.3 is 5.97 Å². The first-order valence-corrected chi connectivity index (χ1v) is 9.44. The van der Waals surface area contributed by atoms with Crippen molar-refractivity contribution in [1.82, 2.24) is 0 Å². The van der Waals surface area contributed by atoms with E-state index in [2.05, 4.69) is 5.32 Å². The molecule has 0 aliphatic heterocycles. The Morgan fingerprint density at radius 1 is 0.967 bits per heavy atom. The van der Waals surface area contributed by atoms with Gasteiger partial charge in [-0.25, -0.2) is 4.79 Å². The van der Waals surface area contributed by atoms with Crippen LogP contribution in [-0.4, -0.2) is 39.8 Å². The van der Waals surface area contributed by atoms with E-state index in [4.69, 9.17) is 18.9 Å². The van der Waals surface area contributed by atoms with E-state index in [0.29, 0.717) is 40.7 Å². The first-order valence-electron chi connectivity index (χ1n) is 9.44. The Kier molecular flexibility index (Phi) is 8.29. The Bertz CT molecular complexity index is 877. The number of esters is 1. The predicted molar refractivity (Wildman–Crippen MR) is 115 cm³/mol. The Balaban J connectivity index is 2.03. The van der Waals surface area contributed by atoms with Gasteiger partial charge in [0.2, 0.25) is 11.7 Å². The minimum atomic E-state index is -0.385. The summed E-state index contributed by atoms with van der Waals surface area (Å²) < 4.78 is 21.1. The maximum Gasteiger partial charge on any atom is 0.338 e. The molecule has 2 aromatic rings. The van der Waals surface area contributed by atoms with Gasteiger partial charge in [-0.05, 0) is 54.0 Å². The summed E-state index contributed by atoms with van der Waals surface area (Å²) in [4.78, 5) is 24.2. The summed E-state index contributed by atoms with van der Waals surface area (Å²) in [7, 11) is 4.58. The van der Waals surface area contributed by atoms with Gasteiger partial charge in [-0.3, -0.25) is 4.79 Å². The van der Waals surface area contributed by atoms with E-state index < -0.39 is 0 Å². The average molecular weight is 413 g/mol. The molecular formula is C23H27NO6. The Labute approximate surface area is 176 Å². The second kappa shape index (κ2) is 10.9. The second-order valence-electron chi connectivity index (χ2n) is 6.85. The minimum Gasteiger partial charge on any atom is -0.493 e. The zero-order valence-corrected chi connectivity index (χ0v) is 17.9. The topological polar surface area (TPSA) is 83.1 Å². The molecule has 0 unspecified atom stereocenters. The van der Waals surface area contributed by atoms with Crippen LogP contribution in [0.3, 0.4) is 0 Å². The molecule has 0 radical (unpaired) electrons. The van der Waals surface area contributed by atoms with Gasteiger partial charge in [-0.15, -0.1) is 0 Å². The third kappa shape index (κ3) is 6.27. The van der Waals surface area contributed by atoms with Gasteiger partial charge in [0, 0.05) is 11.8 Å². The van der Waals surface area contributed by atoms with E-state index in [-0.39, 0.29) is 17.8 Å². The SMILES string of the molecule is COc1cc(/C=C/C(=O)Nc2ccc(C(=O)OCC(C)C)cc2)cc(OC)c1OC. The van der Waals surface area contributed by atoms with Gasteiger partial charge in [0.05, 0.1) is 33.5 Å². The van der Waals surface area contributed by atoms with E-state index >= 15 is 0 Å². The van der Waals surface area contributed by atoms with Crippen LogP contribution in [0.5, 0.6) is 17.2 Å². The van der Waals surface area contributed by atoms with Gasteiger partial charge in [0.15, 0.2) is 11.5 Å². The molecule has 1 N–H and O–H groups in total. The summed E-state index contributed by atoms with van der Waals surface area (Å²) in [5.41, 5.74) is 1.71. The molecule has 0 atom stereocenters. The first-order chi connectivity index (χ1) is 14.4. The van der Waals surface area contributed by atoms with Crippen molar-refractivity contribution in [1.29, 1.82) is 0 Å². The largest absolute Gasteiger partial charge is 0.493 e. The summed E-state index contributed by atoms with van der Waals surface area (Å²) in [6, 6.07) is 10.0. The van der Waals surface area contributed by atoms with Crippen LogP contribution in [0.4, 0.5) is 5.69 Å². The molecule has 0 fully saturated rings. The maximum atomic E-state index is 12.2. The quantitative estimate of drug-likeness (QED) is 0.491. The molecule has 7 heteroatoms. The van der Waals surface area contributed by atoms with Crippen molar-refractivity contribution >= 4 is 23.6 Å². The molecule has 0 heterocycles. The lowest BCUT2D eigenvalue weighted by Crippen LogP contribution is -2.11. The molecule has 7 nitrogen and oxygen atoms in total. The number of benzene rings is 2. The van der Waals surface area contributed by atoms with Crippen LogP contribution in [0, 0.1) is 5.92 Å². The molecule has 0 aliphatic carbocycles. The van der Waals surface area contributed by atoms with Crippen LogP contribution in [0.25, 0.3) is 6.08 Å². The van der Waals surface area contributed by atoms with Crippen molar-refractivity contribution in [3.05, 3.63) is 53.6 Å². The number of carbonyl (C=O) groups excluding carboxylic acids is 2. The van der Waals surface area contributed by atoms with Crippen LogP contribution in [0.2, 0.25) is 0 Å². The molecule has 30 heavy (non-hydrogen) atoms.